The molecule has 6 atom stereocenters. The number of ether oxygens (including phenoxy) is 6. The number of hydrogen-bond acceptors (Lipinski definition) is 14. The summed E-state index contributed by atoms with van der Waals surface area (Å²) in [7, 11) is 4.35. The highest BCUT2D eigenvalue weighted by Gasteiger charge is 2.65. The summed E-state index contributed by atoms with van der Waals surface area (Å²) in [4.78, 5) is 46.0. The van der Waals surface area contributed by atoms with Crippen LogP contribution in [0.15, 0.2) is 90.1 Å². The lowest BCUT2D eigenvalue weighted by Gasteiger charge is -2.59. The van der Waals surface area contributed by atoms with Crippen molar-refractivity contribution in [2.75, 3.05) is 53.0 Å². The molecular formula is C48H60N4O13. The third-order valence-electron chi connectivity index (χ3n) is 12.3. The average molecular weight is 901 g/mol. The number of aliphatic hydroxyl groups excluding tert-OH is 2. The van der Waals surface area contributed by atoms with Crippen LogP contribution in [-0.2, 0) is 20.9 Å². The molecule has 1 aliphatic heterocycles. The molecule has 0 spiro atoms. The number of rotatable bonds is 22. The standard InChI is InChI=1S/C48H60N4O13/c1-6-22-51(47(56)61-5)43-29-40(50-63-30-31-14-16-33(17-15-31)52(57)58)37-26-32(12-8-10-23-53)36(13-9-11-24-54)44-38-27-35(19-21-41(38)65-48(43,45(37)44)62-25-7-2)64-46(55)49-39-20-18-34(59-3)28-42(39)60-4/h7,14-21,26-28,32,36,43-45,53-54H,2,6,8-13,22-25,29-30H2,1,3-5H3,(H,49,55)/t32-,36+,43-,44+,45+,48+/m0/s1. The summed E-state index contributed by atoms with van der Waals surface area (Å²) in [5.74, 6) is -1.04. The molecule has 6 rings (SSSR count). The van der Waals surface area contributed by atoms with Gasteiger partial charge in [0.1, 0.15) is 35.6 Å². The lowest BCUT2D eigenvalue weighted by atomic mass is 9.55. The van der Waals surface area contributed by atoms with Crippen LogP contribution < -0.4 is 24.3 Å². The summed E-state index contributed by atoms with van der Waals surface area (Å²) in [6.45, 7) is 6.36. The molecule has 350 valence electrons. The molecule has 3 aromatic carbocycles. The Bertz CT molecular complexity index is 2200. The maximum absolute atomic E-state index is 13.9. The molecular weight excluding hydrogens is 841 g/mol. The number of nitro benzene ring substituents is 1. The quantitative estimate of drug-likeness (QED) is 0.0374. The molecule has 2 amide bonds. The number of benzene rings is 3. The molecule has 17 nitrogen and oxygen atoms in total. The molecule has 2 aliphatic carbocycles. The van der Waals surface area contributed by atoms with Crippen molar-refractivity contribution in [2.24, 2.45) is 22.9 Å². The van der Waals surface area contributed by atoms with Crippen LogP contribution in [0.1, 0.15) is 75.3 Å². The maximum atomic E-state index is 13.9. The van der Waals surface area contributed by atoms with Crippen LogP contribution in [0.5, 0.6) is 23.0 Å². The van der Waals surface area contributed by atoms with E-state index >= 15 is 0 Å². The Kier molecular flexibility index (Phi) is 16.8. The molecule has 17 heteroatoms. The molecule has 0 aromatic heterocycles. The van der Waals surface area contributed by atoms with Gasteiger partial charge in [-0.2, -0.15) is 0 Å². The van der Waals surface area contributed by atoms with Gasteiger partial charge in [0, 0.05) is 55.9 Å². The number of fused-ring (bicyclic) bond motifs is 2. The minimum absolute atomic E-state index is 0.00945. The molecule has 0 bridgehead atoms. The van der Waals surface area contributed by atoms with E-state index in [1.165, 1.54) is 33.5 Å². The second-order valence-corrected chi connectivity index (χ2v) is 16.2. The van der Waals surface area contributed by atoms with Crippen molar-refractivity contribution in [3.05, 3.63) is 106 Å². The summed E-state index contributed by atoms with van der Waals surface area (Å²) >= 11 is 0. The second kappa shape index (κ2) is 22.6. The summed E-state index contributed by atoms with van der Waals surface area (Å²) in [6.07, 6.45) is 7.26. The van der Waals surface area contributed by atoms with Crippen LogP contribution in [-0.4, -0.2) is 97.5 Å². The summed E-state index contributed by atoms with van der Waals surface area (Å²) in [6, 6.07) is 15.4. The number of aliphatic hydroxyl groups is 2. The Labute approximate surface area is 379 Å². The lowest BCUT2D eigenvalue weighted by Crippen LogP contribution is -2.70. The van der Waals surface area contributed by atoms with Gasteiger partial charge in [0.15, 0.2) is 0 Å². The lowest BCUT2D eigenvalue weighted by molar-refractivity contribution is -0.384. The predicted molar refractivity (Wildman–Crippen MR) is 241 cm³/mol. The van der Waals surface area contributed by atoms with Gasteiger partial charge in [-0.3, -0.25) is 20.3 Å². The van der Waals surface area contributed by atoms with Crippen molar-refractivity contribution in [1.82, 2.24) is 4.90 Å². The van der Waals surface area contributed by atoms with Crippen LogP contribution in [0, 0.1) is 27.9 Å². The van der Waals surface area contributed by atoms with Crippen molar-refractivity contribution in [3.8, 4) is 23.0 Å². The third kappa shape index (κ3) is 10.9. The number of carbonyl (C=O) groups is 2. The molecule has 3 aromatic rings. The molecule has 1 fully saturated rings. The van der Waals surface area contributed by atoms with Crippen molar-refractivity contribution in [3.63, 3.8) is 0 Å². The van der Waals surface area contributed by atoms with E-state index in [-0.39, 0.29) is 56.1 Å². The van der Waals surface area contributed by atoms with E-state index in [2.05, 4.69) is 18.0 Å². The van der Waals surface area contributed by atoms with Gasteiger partial charge in [-0.25, -0.2) is 9.59 Å². The normalized spacial score (nSPS) is 22.3. The van der Waals surface area contributed by atoms with Crippen molar-refractivity contribution in [2.45, 2.75) is 82.6 Å². The monoisotopic (exact) mass is 900 g/mol. The number of allylic oxidation sites excluding steroid dienone is 1. The Balaban J connectivity index is 1.51. The number of methoxy groups -OCH3 is 3. The number of oxime groups is 1. The molecule has 3 N–H and O–H groups in total. The van der Waals surface area contributed by atoms with Gasteiger partial charge in [0.25, 0.3) is 5.69 Å². The zero-order valence-electron chi connectivity index (χ0n) is 37.4. The fourth-order valence-corrected chi connectivity index (χ4v) is 9.49. The topological polar surface area (TPSA) is 210 Å². The Hall–Kier alpha value is -6.17. The Morgan fingerprint density at radius 3 is 2.40 bits per heavy atom. The number of anilines is 1. The highest BCUT2D eigenvalue weighted by atomic mass is 16.7. The predicted octanol–water partition coefficient (Wildman–Crippen LogP) is 8.54. The first-order valence-corrected chi connectivity index (χ1v) is 22.0. The highest BCUT2D eigenvalue weighted by molar-refractivity contribution is 6.03. The summed E-state index contributed by atoms with van der Waals surface area (Å²) in [5.41, 5.74) is 3.10. The van der Waals surface area contributed by atoms with Crippen LogP contribution >= 0.6 is 0 Å². The fraction of sp³-hybridized carbons (Fsp3) is 0.479. The smallest absolute Gasteiger partial charge is 0.417 e. The van der Waals surface area contributed by atoms with Gasteiger partial charge in [-0.05, 0) is 97.5 Å². The van der Waals surface area contributed by atoms with Crippen molar-refractivity contribution in [1.29, 1.82) is 0 Å². The molecule has 0 radical (unpaired) electrons. The number of unbranched alkanes of at least 4 members (excludes halogenated alkanes) is 2. The first kappa shape index (κ1) is 48.3. The summed E-state index contributed by atoms with van der Waals surface area (Å²) in [5, 5.41) is 38.7. The van der Waals surface area contributed by atoms with Gasteiger partial charge in [-0.15, -0.1) is 6.58 Å². The zero-order chi connectivity index (χ0) is 46.5. The van der Waals surface area contributed by atoms with Crippen molar-refractivity contribution < 1.29 is 58.0 Å². The van der Waals surface area contributed by atoms with Crippen LogP contribution in [0.2, 0.25) is 0 Å². The Morgan fingerprint density at radius 1 is 1.00 bits per heavy atom. The van der Waals surface area contributed by atoms with Gasteiger partial charge in [0.2, 0.25) is 5.79 Å². The number of carbonyl (C=O) groups excluding carboxylic acids is 2. The maximum Gasteiger partial charge on any atom is 0.417 e. The molecule has 3 aliphatic rings. The minimum Gasteiger partial charge on any atom is -0.497 e. The van der Waals surface area contributed by atoms with E-state index in [1.54, 1.807) is 53.4 Å². The highest BCUT2D eigenvalue weighted by Crippen LogP contribution is 2.62. The van der Waals surface area contributed by atoms with E-state index in [4.69, 9.17) is 38.4 Å². The zero-order valence-corrected chi connectivity index (χ0v) is 37.4. The van der Waals surface area contributed by atoms with Gasteiger partial charge in [-0.1, -0.05) is 37.1 Å². The molecule has 65 heavy (non-hydrogen) atoms. The molecule has 1 saturated carbocycles. The minimum atomic E-state index is -1.52. The number of nitrogens with zero attached hydrogens (tertiary/aromatic N) is 3. The van der Waals surface area contributed by atoms with Gasteiger partial charge in [0.05, 0.1) is 50.2 Å². The number of hydrogen-bond donors (Lipinski definition) is 3. The Morgan fingerprint density at radius 2 is 1.74 bits per heavy atom. The molecule has 1 heterocycles. The van der Waals surface area contributed by atoms with E-state index in [9.17, 15) is 29.9 Å². The third-order valence-corrected chi connectivity index (χ3v) is 12.3. The summed E-state index contributed by atoms with van der Waals surface area (Å²) < 4.78 is 36.3. The number of non-ortho nitro benzene ring substituents is 1. The largest absolute Gasteiger partial charge is 0.497 e. The van der Waals surface area contributed by atoms with Crippen LogP contribution in [0.4, 0.5) is 21.0 Å². The van der Waals surface area contributed by atoms with Crippen LogP contribution in [0.3, 0.4) is 0 Å². The van der Waals surface area contributed by atoms with Gasteiger partial charge >= 0.3 is 12.2 Å². The SMILES string of the molecule is C=CCO[C@@]12Oc3ccc(OC(=O)Nc4ccc(OC)cc4OC)cc3[C@H]3[C@H](CCCCO)[C@@H](CCCCO)C=C(C(=NOCc4ccc([N+](=O)[O-])cc4)C[C@@H]1N(CCC)C(=O)OC)[C@H]32. The van der Waals surface area contributed by atoms with Gasteiger partial charge < -0.3 is 43.5 Å². The number of nitro groups is 1. The van der Waals surface area contributed by atoms with Crippen LogP contribution in [0.25, 0.3) is 0 Å². The first-order chi connectivity index (χ1) is 31.5. The van der Waals surface area contributed by atoms with E-state index < -0.39 is 40.8 Å². The number of nitrogens with one attached hydrogen (secondary N) is 1. The van der Waals surface area contributed by atoms with E-state index in [0.29, 0.717) is 72.9 Å². The number of amides is 2. The average Bonchev–Trinajstić information content (AvgIpc) is 3.31. The molecule has 0 unspecified atom stereocenters. The molecule has 0 saturated heterocycles. The fourth-order valence-electron chi connectivity index (χ4n) is 9.49. The van der Waals surface area contributed by atoms with E-state index in [0.717, 1.165) is 24.0 Å². The second-order valence-electron chi connectivity index (χ2n) is 16.2. The van der Waals surface area contributed by atoms with E-state index in [1.807, 2.05) is 13.0 Å². The van der Waals surface area contributed by atoms with Crippen molar-refractivity contribution >= 4 is 29.3 Å². The first-order valence-electron chi connectivity index (χ1n) is 22.0.